The third kappa shape index (κ3) is 3.60. The van der Waals surface area contributed by atoms with Gasteiger partial charge in [0.25, 0.3) is 0 Å². The Hall–Kier alpha value is -2.50. The molecule has 2 heterocycles. The van der Waals surface area contributed by atoms with Gasteiger partial charge in [-0.1, -0.05) is 6.92 Å². The molecule has 11 heteroatoms. The van der Waals surface area contributed by atoms with Crippen molar-refractivity contribution in [2.75, 3.05) is 34.4 Å². The molecule has 0 unspecified atom stereocenters. The van der Waals surface area contributed by atoms with Crippen molar-refractivity contribution in [2.24, 2.45) is 11.8 Å². The third-order valence-corrected chi connectivity index (χ3v) is 8.13. The normalized spacial score (nSPS) is 28.2. The zero-order valence-corrected chi connectivity index (χ0v) is 18.9. The van der Waals surface area contributed by atoms with Crippen LogP contribution in [0.5, 0.6) is 5.75 Å². The van der Waals surface area contributed by atoms with Crippen molar-refractivity contribution in [2.45, 2.75) is 30.3 Å². The van der Waals surface area contributed by atoms with Gasteiger partial charge in [0.15, 0.2) is 0 Å². The number of likely N-dealkylation sites (tertiary alicyclic amines) is 1. The Balaban J connectivity index is 1.94. The summed E-state index contributed by atoms with van der Waals surface area (Å²) in [5.41, 5.74) is -1.44. The molecule has 3 rings (SSSR count). The number of imide groups is 1. The molecule has 1 aromatic carbocycles. The predicted octanol–water partition coefficient (Wildman–Crippen LogP) is -0.160. The Bertz CT molecular complexity index is 995. The molecule has 0 spiro atoms. The van der Waals surface area contributed by atoms with Crippen molar-refractivity contribution >= 4 is 27.8 Å². The SMILES string of the molecule is CCN(C[C@H]1N[C@@](C)(C(=O)OC)[C@H]2C(=O)N(C)C(=O)[C@@H]12)S(=O)(=O)c1ccc(OC)cc1. The molecule has 0 aromatic heterocycles. The number of carbonyl (C=O) groups excluding carboxylic acids is 3. The monoisotopic (exact) mass is 453 g/mol. The summed E-state index contributed by atoms with van der Waals surface area (Å²) in [6.45, 7) is 3.23. The number of sulfonamides is 1. The van der Waals surface area contributed by atoms with E-state index < -0.39 is 51.2 Å². The van der Waals surface area contributed by atoms with E-state index in [1.54, 1.807) is 19.1 Å². The van der Waals surface area contributed by atoms with Crippen LogP contribution in [0.3, 0.4) is 0 Å². The van der Waals surface area contributed by atoms with Crippen LogP contribution in [0.15, 0.2) is 29.2 Å². The highest BCUT2D eigenvalue weighted by atomic mass is 32.2. The van der Waals surface area contributed by atoms with Gasteiger partial charge in [-0.25, -0.2) is 8.42 Å². The number of rotatable bonds is 7. The lowest BCUT2D eigenvalue weighted by atomic mass is 9.81. The number of benzene rings is 1. The smallest absolute Gasteiger partial charge is 0.326 e. The first kappa shape index (κ1) is 23.2. The van der Waals surface area contributed by atoms with Crippen LogP contribution >= 0.6 is 0 Å². The number of nitrogens with zero attached hydrogens (tertiary/aromatic N) is 2. The Morgan fingerprint density at radius 2 is 1.81 bits per heavy atom. The molecule has 2 fully saturated rings. The zero-order valence-electron chi connectivity index (χ0n) is 18.1. The summed E-state index contributed by atoms with van der Waals surface area (Å²) in [6.07, 6.45) is 0. The molecule has 0 saturated carbocycles. The lowest BCUT2D eigenvalue weighted by Crippen LogP contribution is -2.56. The molecule has 31 heavy (non-hydrogen) atoms. The fourth-order valence-corrected chi connectivity index (χ4v) is 5.96. The van der Waals surface area contributed by atoms with Crippen LogP contribution in [-0.4, -0.2) is 81.3 Å². The van der Waals surface area contributed by atoms with Crippen molar-refractivity contribution in [3.63, 3.8) is 0 Å². The number of likely N-dealkylation sites (N-methyl/N-ethyl adjacent to an activating group) is 1. The van der Waals surface area contributed by atoms with E-state index in [-0.39, 0.29) is 18.0 Å². The van der Waals surface area contributed by atoms with Gasteiger partial charge >= 0.3 is 5.97 Å². The van der Waals surface area contributed by atoms with E-state index in [4.69, 9.17) is 9.47 Å². The van der Waals surface area contributed by atoms with Crippen LogP contribution in [0.25, 0.3) is 0 Å². The quantitative estimate of drug-likeness (QED) is 0.446. The minimum atomic E-state index is -3.89. The van der Waals surface area contributed by atoms with Crippen molar-refractivity contribution in [1.82, 2.24) is 14.5 Å². The van der Waals surface area contributed by atoms with Crippen molar-refractivity contribution in [1.29, 1.82) is 0 Å². The molecule has 0 bridgehead atoms. The molecule has 2 saturated heterocycles. The number of methoxy groups -OCH3 is 2. The number of esters is 1. The Kier molecular flexibility index (Phi) is 6.14. The summed E-state index contributed by atoms with van der Waals surface area (Å²) in [4.78, 5) is 39.1. The molecule has 2 aliphatic rings. The highest BCUT2D eigenvalue weighted by Crippen LogP contribution is 2.43. The van der Waals surface area contributed by atoms with Gasteiger partial charge in [0, 0.05) is 26.2 Å². The molecular formula is C20H27N3O7S. The molecule has 0 aliphatic carbocycles. The molecule has 4 atom stereocenters. The number of ether oxygens (including phenoxy) is 2. The van der Waals surface area contributed by atoms with E-state index >= 15 is 0 Å². The second-order valence-electron chi connectivity index (χ2n) is 7.81. The van der Waals surface area contributed by atoms with E-state index in [2.05, 4.69) is 5.32 Å². The summed E-state index contributed by atoms with van der Waals surface area (Å²) >= 11 is 0. The minimum absolute atomic E-state index is 0.0753. The number of fused-ring (bicyclic) bond motifs is 1. The summed E-state index contributed by atoms with van der Waals surface area (Å²) in [7, 11) is 0.165. The molecule has 2 amide bonds. The van der Waals surface area contributed by atoms with Crippen LogP contribution in [0, 0.1) is 11.8 Å². The minimum Gasteiger partial charge on any atom is -0.497 e. The van der Waals surface area contributed by atoms with Gasteiger partial charge in [-0.05, 0) is 31.2 Å². The number of nitrogens with one attached hydrogen (secondary N) is 1. The first-order valence-electron chi connectivity index (χ1n) is 9.84. The van der Waals surface area contributed by atoms with Crippen LogP contribution in [0.2, 0.25) is 0 Å². The lowest BCUT2D eigenvalue weighted by Gasteiger charge is -2.29. The Morgan fingerprint density at radius 3 is 2.32 bits per heavy atom. The average molecular weight is 454 g/mol. The van der Waals surface area contributed by atoms with E-state index in [1.165, 1.54) is 44.6 Å². The highest BCUT2D eigenvalue weighted by molar-refractivity contribution is 7.89. The number of carbonyl (C=O) groups is 3. The Morgan fingerprint density at radius 1 is 1.19 bits per heavy atom. The van der Waals surface area contributed by atoms with Crippen LogP contribution in [-0.2, 0) is 29.1 Å². The van der Waals surface area contributed by atoms with Gasteiger partial charge in [-0.2, -0.15) is 4.31 Å². The van der Waals surface area contributed by atoms with Gasteiger partial charge in [-0.15, -0.1) is 0 Å². The summed E-state index contributed by atoms with van der Waals surface area (Å²) < 4.78 is 37.6. The molecule has 0 radical (unpaired) electrons. The van der Waals surface area contributed by atoms with E-state index in [9.17, 15) is 22.8 Å². The summed E-state index contributed by atoms with van der Waals surface area (Å²) in [5.74, 6) is -2.93. The standard InChI is InChI=1S/C20H27N3O7S/c1-6-23(31(27,28)13-9-7-12(29-4)8-10-13)11-14-15-16(18(25)22(3)17(15)24)20(2,21-14)19(26)30-5/h7-10,14-16,21H,6,11H2,1-5H3/t14-,15+,16-,20-/m1/s1. The van der Waals surface area contributed by atoms with Crippen molar-refractivity contribution in [3.05, 3.63) is 24.3 Å². The van der Waals surface area contributed by atoms with E-state index in [1.807, 2.05) is 0 Å². The molecule has 10 nitrogen and oxygen atoms in total. The summed E-state index contributed by atoms with van der Waals surface area (Å²) in [5, 5.41) is 3.04. The lowest BCUT2D eigenvalue weighted by molar-refractivity contribution is -0.152. The molecule has 2 aliphatic heterocycles. The zero-order chi connectivity index (χ0) is 23.1. The predicted molar refractivity (Wildman–Crippen MR) is 110 cm³/mol. The first-order valence-corrected chi connectivity index (χ1v) is 11.3. The van der Waals surface area contributed by atoms with Crippen LogP contribution in [0.1, 0.15) is 13.8 Å². The average Bonchev–Trinajstić information content (AvgIpc) is 3.19. The van der Waals surface area contributed by atoms with Gasteiger partial charge in [0.05, 0.1) is 31.0 Å². The fraction of sp³-hybridized carbons (Fsp3) is 0.550. The fourth-order valence-electron chi connectivity index (χ4n) is 4.48. The maximum absolute atomic E-state index is 13.2. The second kappa shape index (κ2) is 8.21. The third-order valence-electron chi connectivity index (χ3n) is 6.17. The van der Waals surface area contributed by atoms with Crippen LogP contribution < -0.4 is 10.1 Å². The molecular weight excluding hydrogens is 426 g/mol. The van der Waals surface area contributed by atoms with Crippen LogP contribution in [0.4, 0.5) is 0 Å². The molecule has 170 valence electrons. The topological polar surface area (TPSA) is 122 Å². The number of hydrogen-bond acceptors (Lipinski definition) is 8. The second-order valence-corrected chi connectivity index (χ2v) is 9.75. The highest BCUT2D eigenvalue weighted by Gasteiger charge is 2.66. The summed E-state index contributed by atoms with van der Waals surface area (Å²) in [6, 6.07) is 5.24. The van der Waals surface area contributed by atoms with Crippen molar-refractivity contribution < 1.29 is 32.3 Å². The van der Waals surface area contributed by atoms with E-state index in [0.717, 1.165) is 4.90 Å². The maximum atomic E-state index is 13.2. The van der Waals surface area contributed by atoms with Gasteiger partial charge in [-0.3, -0.25) is 24.6 Å². The Labute approximate surface area is 181 Å². The van der Waals surface area contributed by atoms with Gasteiger partial charge < -0.3 is 9.47 Å². The largest absolute Gasteiger partial charge is 0.497 e. The van der Waals surface area contributed by atoms with E-state index in [0.29, 0.717) is 5.75 Å². The van der Waals surface area contributed by atoms with Gasteiger partial charge in [0.1, 0.15) is 11.3 Å². The molecule has 1 aromatic rings. The van der Waals surface area contributed by atoms with Gasteiger partial charge in [0.2, 0.25) is 21.8 Å². The maximum Gasteiger partial charge on any atom is 0.326 e. The van der Waals surface area contributed by atoms with Crippen molar-refractivity contribution in [3.8, 4) is 5.75 Å². The first-order chi connectivity index (χ1) is 14.5. The number of hydrogen-bond donors (Lipinski definition) is 1. The number of amides is 2. The molecule has 1 N–H and O–H groups in total.